The number of nitrogens with zero attached hydrogens (tertiary/aromatic N) is 3. The number of hydrogen-bond acceptors (Lipinski definition) is 5. The zero-order valence-electron chi connectivity index (χ0n) is 11.7. The van der Waals surface area contributed by atoms with Crippen LogP contribution in [0.3, 0.4) is 0 Å². The average molecular weight is 330 g/mol. The number of carbonyl (C=O) groups excluding carboxylic acids is 1. The molecule has 0 radical (unpaired) electrons. The summed E-state index contributed by atoms with van der Waals surface area (Å²) in [4.78, 5) is 22.0. The molecular weight excluding hydrogens is 310 g/mol. The summed E-state index contributed by atoms with van der Waals surface area (Å²) in [6.45, 7) is 6.84. The lowest BCUT2D eigenvalue weighted by molar-refractivity contribution is -0.120. The molecular formula is C12H20BrN5O. The van der Waals surface area contributed by atoms with E-state index in [1.54, 1.807) is 11.1 Å². The molecule has 2 N–H and O–H groups in total. The van der Waals surface area contributed by atoms with Gasteiger partial charge in [0.1, 0.15) is 5.82 Å². The molecule has 0 fully saturated rings. The standard InChI is InChI=1S/C12H20BrN5O/c1-5-14-12-15-6-9(13)11(17-12)18(4)7-10(19)16-8(2)3/h6,8H,5,7H2,1-4H3,(H,16,19)(H,14,15,17). The van der Waals surface area contributed by atoms with Gasteiger partial charge < -0.3 is 15.5 Å². The van der Waals surface area contributed by atoms with Crippen LogP contribution >= 0.6 is 15.9 Å². The summed E-state index contributed by atoms with van der Waals surface area (Å²) in [6, 6.07) is 0.132. The predicted octanol–water partition coefficient (Wildman–Crippen LogP) is 1.63. The predicted molar refractivity (Wildman–Crippen MR) is 80.4 cm³/mol. The van der Waals surface area contributed by atoms with Gasteiger partial charge in [0, 0.05) is 25.8 Å². The number of nitrogens with one attached hydrogen (secondary N) is 2. The zero-order valence-corrected chi connectivity index (χ0v) is 13.3. The molecule has 0 aromatic carbocycles. The third-order valence-corrected chi connectivity index (χ3v) is 2.81. The fourth-order valence-electron chi connectivity index (χ4n) is 1.53. The van der Waals surface area contributed by atoms with Gasteiger partial charge in [-0.25, -0.2) is 4.98 Å². The maximum atomic E-state index is 11.7. The molecule has 0 aliphatic heterocycles. The minimum atomic E-state index is -0.0342. The van der Waals surface area contributed by atoms with E-state index in [1.807, 2.05) is 27.8 Å². The second kappa shape index (κ2) is 7.28. The van der Waals surface area contributed by atoms with Crippen molar-refractivity contribution in [3.8, 4) is 0 Å². The van der Waals surface area contributed by atoms with Gasteiger partial charge in [0.15, 0.2) is 0 Å². The topological polar surface area (TPSA) is 70.2 Å². The van der Waals surface area contributed by atoms with Crippen molar-refractivity contribution in [1.29, 1.82) is 0 Å². The zero-order chi connectivity index (χ0) is 14.4. The van der Waals surface area contributed by atoms with E-state index in [1.165, 1.54) is 0 Å². The largest absolute Gasteiger partial charge is 0.354 e. The summed E-state index contributed by atoms with van der Waals surface area (Å²) in [6.07, 6.45) is 1.68. The molecule has 19 heavy (non-hydrogen) atoms. The Balaban J connectivity index is 2.77. The molecule has 0 spiro atoms. The lowest BCUT2D eigenvalue weighted by atomic mass is 10.4. The Labute approximate surface area is 122 Å². The molecule has 0 aliphatic carbocycles. The molecule has 7 heteroatoms. The van der Waals surface area contributed by atoms with E-state index < -0.39 is 0 Å². The van der Waals surface area contributed by atoms with Crippen LogP contribution in [0.2, 0.25) is 0 Å². The molecule has 1 rings (SSSR count). The van der Waals surface area contributed by atoms with Crippen LogP contribution in [0.5, 0.6) is 0 Å². The van der Waals surface area contributed by atoms with E-state index in [9.17, 15) is 4.79 Å². The van der Waals surface area contributed by atoms with Crippen molar-refractivity contribution in [2.75, 3.05) is 30.4 Å². The SMILES string of the molecule is CCNc1ncc(Br)c(N(C)CC(=O)NC(C)C)n1. The fourth-order valence-corrected chi connectivity index (χ4v) is 2.02. The second-order valence-corrected chi connectivity index (χ2v) is 5.33. The van der Waals surface area contributed by atoms with E-state index in [4.69, 9.17) is 0 Å². The Hall–Kier alpha value is -1.37. The number of carbonyl (C=O) groups is 1. The van der Waals surface area contributed by atoms with Crippen molar-refractivity contribution < 1.29 is 4.79 Å². The number of likely N-dealkylation sites (N-methyl/N-ethyl adjacent to an activating group) is 1. The summed E-state index contributed by atoms with van der Waals surface area (Å²) in [7, 11) is 1.82. The number of anilines is 2. The van der Waals surface area contributed by atoms with Crippen LogP contribution in [-0.2, 0) is 4.79 Å². The van der Waals surface area contributed by atoms with Gasteiger partial charge in [0.25, 0.3) is 0 Å². The Morgan fingerprint density at radius 2 is 2.21 bits per heavy atom. The van der Waals surface area contributed by atoms with E-state index >= 15 is 0 Å². The molecule has 1 heterocycles. The van der Waals surface area contributed by atoms with Crippen LogP contribution in [0, 0.1) is 0 Å². The van der Waals surface area contributed by atoms with Gasteiger partial charge in [-0.15, -0.1) is 0 Å². The van der Waals surface area contributed by atoms with Crippen LogP contribution in [0.4, 0.5) is 11.8 Å². The van der Waals surface area contributed by atoms with Crippen molar-refractivity contribution in [3.05, 3.63) is 10.7 Å². The number of hydrogen-bond donors (Lipinski definition) is 2. The molecule has 1 aromatic heterocycles. The Morgan fingerprint density at radius 1 is 1.53 bits per heavy atom. The first kappa shape index (κ1) is 15.7. The van der Waals surface area contributed by atoms with E-state index in [0.717, 1.165) is 11.0 Å². The van der Waals surface area contributed by atoms with Gasteiger partial charge >= 0.3 is 0 Å². The maximum Gasteiger partial charge on any atom is 0.239 e. The monoisotopic (exact) mass is 329 g/mol. The molecule has 0 aliphatic rings. The van der Waals surface area contributed by atoms with E-state index in [2.05, 4.69) is 36.5 Å². The highest BCUT2D eigenvalue weighted by atomic mass is 79.9. The first-order valence-electron chi connectivity index (χ1n) is 6.21. The second-order valence-electron chi connectivity index (χ2n) is 4.47. The van der Waals surface area contributed by atoms with Gasteiger partial charge in [-0.2, -0.15) is 4.98 Å². The molecule has 0 saturated carbocycles. The minimum Gasteiger partial charge on any atom is -0.354 e. The molecule has 0 bridgehead atoms. The quantitative estimate of drug-likeness (QED) is 0.830. The lowest BCUT2D eigenvalue weighted by Crippen LogP contribution is -2.39. The molecule has 0 atom stereocenters. The van der Waals surface area contributed by atoms with Gasteiger partial charge in [-0.1, -0.05) is 0 Å². The number of aromatic nitrogens is 2. The van der Waals surface area contributed by atoms with E-state index in [0.29, 0.717) is 11.8 Å². The van der Waals surface area contributed by atoms with Crippen LogP contribution in [0.1, 0.15) is 20.8 Å². The normalized spacial score (nSPS) is 10.4. The van der Waals surface area contributed by atoms with Crippen LogP contribution in [0.25, 0.3) is 0 Å². The van der Waals surface area contributed by atoms with Crippen molar-refractivity contribution in [1.82, 2.24) is 15.3 Å². The third kappa shape index (κ3) is 5.02. The third-order valence-electron chi connectivity index (χ3n) is 2.25. The van der Waals surface area contributed by atoms with Crippen molar-refractivity contribution >= 4 is 33.6 Å². The summed E-state index contributed by atoms with van der Waals surface area (Å²) >= 11 is 3.40. The number of halogens is 1. The van der Waals surface area contributed by atoms with Crippen LogP contribution < -0.4 is 15.5 Å². The Bertz CT molecular complexity index is 438. The first-order chi connectivity index (χ1) is 8.93. The van der Waals surface area contributed by atoms with Crippen molar-refractivity contribution in [2.24, 2.45) is 0 Å². The fraction of sp³-hybridized carbons (Fsp3) is 0.583. The van der Waals surface area contributed by atoms with Crippen LogP contribution in [-0.4, -0.2) is 42.1 Å². The highest BCUT2D eigenvalue weighted by Crippen LogP contribution is 2.23. The molecule has 106 valence electrons. The van der Waals surface area contributed by atoms with Crippen molar-refractivity contribution in [3.63, 3.8) is 0 Å². The minimum absolute atomic E-state index is 0.0342. The summed E-state index contributed by atoms with van der Waals surface area (Å²) < 4.78 is 0.758. The van der Waals surface area contributed by atoms with E-state index in [-0.39, 0.29) is 18.5 Å². The highest BCUT2D eigenvalue weighted by Gasteiger charge is 2.13. The highest BCUT2D eigenvalue weighted by molar-refractivity contribution is 9.10. The Morgan fingerprint density at radius 3 is 2.79 bits per heavy atom. The van der Waals surface area contributed by atoms with Gasteiger partial charge in [0.05, 0.1) is 11.0 Å². The first-order valence-corrected chi connectivity index (χ1v) is 7.00. The van der Waals surface area contributed by atoms with Gasteiger partial charge in [-0.3, -0.25) is 4.79 Å². The maximum absolute atomic E-state index is 11.7. The van der Waals surface area contributed by atoms with Gasteiger partial charge in [-0.05, 0) is 36.7 Å². The van der Waals surface area contributed by atoms with Crippen molar-refractivity contribution in [2.45, 2.75) is 26.8 Å². The number of amides is 1. The van der Waals surface area contributed by atoms with Crippen LogP contribution in [0.15, 0.2) is 10.7 Å². The molecule has 0 unspecified atom stereocenters. The molecule has 1 amide bonds. The molecule has 6 nitrogen and oxygen atoms in total. The number of rotatable bonds is 6. The average Bonchev–Trinajstić information content (AvgIpc) is 2.30. The summed E-state index contributed by atoms with van der Waals surface area (Å²) in [5, 5.41) is 5.89. The van der Waals surface area contributed by atoms with Gasteiger partial charge in [0.2, 0.25) is 11.9 Å². The molecule has 1 aromatic rings. The summed E-state index contributed by atoms with van der Waals surface area (Å²) in [5.41, 5.74) is 0. The molecule has 0 saturated heterocycles. The Kier molecular flexibility index (Phi) is 6.01. The lowest BCUT2D eigenvalue weighted by Gasteiger charge is -2.20. The summed E-state index contributed by atoms with van der Waals surface area (Å²) in [5.74, 6) is 1.20. The smallest absolute Gasteiger partial charge is 0.239 e.